The molecule has 2 aliphatic rings. The molecule has 0 radical (unpaired) electrons. The van der Waals surface area contributed by atoms with Gasteiger partial charge in [-0.3, -0.25) is 10.1 Å². The van der Waals surface area contributed by atoms with Crippen molar-refractivity contribution < 1.29 is 33.8 Å². The molecular weight excluding hydrogens is 452 g/mol. The van der Waals surface area contributed by atoms with E-state index in [2.05, 4.69) is 5.32 Å². The highest BCUT2D eigenvalue weighted by molar-refractivity contribution is 6.05. The molecule has 0 saturated carbocycles. The molecule has 1 saturated heterocycles. The van der Waals surface area contributed by atoms with Crippen LogP contribution in [0.3, 0.4) is 0 Å². The number of carbonyl (C=O) groups excluding carboxylic acids is 3. The summed E-state index contributed by atoms with van der Waals surface area (Å²) in [6, 6.07) is 12.9. The third-order valence-corrected chi connectivity index (χ3v) is 6.61. The Morgan fingerprint density at radius 3 is 2.20 bits per heavy atom. The first-order valence-electron chi connectivity index (χ1n) is 11.6. The molecule has 3 unspecified atom stereocenters. The number of amides is 2. The van der Waals surface area contributed by atoms with Crippen molar-refractivity contribution in [1.29, 1.82) is 0 Å². The lowest BCUT2D eigenvalue weighted by molar-refractivity contribution is -0.157. The van der Waals surface area contributed by atoms with E-state index >= 15 is 0 Å². The van der Waals surface area contributed by atoms with E-state index in [0.29, 0.717) is 6.42 Å². The summed E-state index contributed by atoms with van der Waals surface area (Å²) in [7, 11) is 0. The van der Waals surface area contributed by atoms with Gasteiger partial charge in [0.2, 0.25) is 6.04 Å². The highest BCUT2D eigenvalue weighted by Crippen LogP contribution is 2.44. The normalized spacial score (nSPS) is 19.4. The summed E-state index contributed by atoms with van der Waals surface area (Å²) in [6.45, 7) is 3.46. The van der Waals surface area contributed by atoms with E-state index in [-0.39, 0.29) is 31.6 Å². The number of alkyl carbamates (subject to hydrolysis) is 1. The van der Waals surface area contributed by atoms with Gasteiger partial charge in [0.25, 0.3) is 5.91 Å². The number of nitrogens with one attached hydrogen (secondary N) is 1. The van der Waals surface area contributed by atoms with Gasteiger partial charge >= 0.3 is 18.0 Å². The predicted octanol–water partition coefficient (Wildman–Crippen LogP) is 2.78. The summed E-state index contributed by atoms with van der Waals surface area (Å²) in [5.41, 5.74) is 4.18. The number of carboxylic acids is 1. The maximum Gasteiger partial charge on any atom is 0.408 e. The molecule has 1 aliphatic carbocycles. The van der Waals surface area contributed by atoms with Gasteiger partial charge < -0.3 is 19.5 Å². The number of rotatable bonds is 7. The first-order chi connectivity index (χ1) is 16.8. The van der Waals surface area contributed by atoms with Crippen LogP contribution in [-0.2, 0) is 23.9 Å². The summed E-state index contributed by atoms with van der Waals surface area (Å²) in [5.74, 6) is -3.43. The smallest absolute Gasteiger partial charge is 0.408 e. The van der Waals surface area contributed by atoms with Gasteiger partial charge in [-0.1, -0.05) is 55.5 Å². The van der Waals surface area contributed by atoms with Crippen molar-refractivity contribution in [3.8, 4) is 11.1 Å². The number of hydrogen-bond acceptors (Lipinski definition) is 6. The number of hydrogen-bond donors (Lipinski definition) is 2. The third-order valence-electron chi connectivity index (χ3n) is 6.61. The van der Waals surface area contributed by atoms with Crippen molar-refractivity contribution >= 4 is 23.9 Å². The number of nitrogens with zero attached hydrogens (tertiary/aromatic N) is 1. The highest BCUT2D eigenvalue weighted by Gasteiger charge is 2.44. The molecule has 184 valence electrons. The van der Waals surface area contributed by atoms with Gasteiger partial charge in [0.05, 0.1) is 6.61 Å². The Balaban J connectivity index is 1.48. The van der Waals surface area contributed by atoms with Gasteiger partial charge in [0.1, 0.15) is 12.6 Å². The zero-order valence-electron chi connectivity index (χ0n) is 19.6. The molecule has 2 amide bonds. The van der Waals surface area contributed by atoms with Crippen molar-refractivity contribution in [1.82, 2.24) is 10.2 Å². The van der Waals surface area contributed by atoms with Gasteiger partial charge in [0, 0.05) is 12.5 Å². The van der Waals surface area contributed by atoms with E-state index in [1.807, 2.05) is 48.5 Å². The van der Waals surface area contributed by atoms with Gasteiger partial charge in [-0.25, -0.2) is 14.4 Å². The molecule has 0 bridgehead atoms. The van der Waals surface area contributed by atoms with Gasteiger partial charge in [0.15, 0.2) is 0 Å². The lowest BCUT2D eigenvalue weighted by atomic mass is 9.98. The predicted molar refractivity (Wildman–Crippen MR) is 126 cm³/mol. The van der Waals surface area contributed by atoms with Crippen LogP contribution in [0.1, 0.15) is 37.3 Å². The Hall–Kier alpha value is -3.88. The fourth-order valence-corrected chi connectivity index (χ4v) is 4.94. The monoisotopic (exact) mass is 480 g/mol. The Morgan fingerprint density at radius 2 is 1.63 bits per heavy atom. The van der Waals surface area contributed by atoms with E-state index in [9.17, 15) is 24.3 Å². The van der Waals surface area contributed by atoms with Gasteiger partial charge in [-0.15, -0.1) is 0 Å². The molecule has 9 nitrogen and oxygen atoms in total. The summed E-state index contributed by atoms with van der Waals surface area (Å²) >= 11 is 0. The Labute approximate surface area is 203 Å². The van der Waals surface area contributed by atoms with E-state index < -0.39 is 36.0 Å². The molecule has 3 atom stereocenters. The minimum atomic E-state index is -1.70. The Kier molecular flexibility index (Phi) is 7.04. The average molecular weight is 481 g/mol. The van der Waals surface area contributed by atoms with Gasteiger partial charge in [-0.05, 0) is 41.5 Å². The highest BCUT2D eigenvalue weighted by atomic mass is 16.6. The van der Waals surface area contributed by atoms with Crippen LogP contribution in [0.5, 0.6) is 0 Å². The molecule has 1 heterocycles. The maximum absolute atomic E-state index is 13.1. The maximum atomic E-state index is 13.1. The van der Waals surface area contributed by atoms with E-state index in [1.165, 1.54) is 0 Å². The minimum absolute atomic E-state index is 0.00208. The van der Waals surface area contributed by atoms with Crippen molar-refractivity contribution in [2.24, 2.45) is 5.92 Å². The van der Waals surface area contributed by atoms with Crippen LogP contribution in [-0.4, -0.2) is 65.8 Å². The SMILES string of the molecule is CCOC(=O)C(NC(=O)OCC1c2ccccc2-c2ccccc21)C(=O)N1CCC(C)C1C(=O)O. The second kappa shape index (κ2) is 10.2. The number of fused-ring (bicyclic) bond motifs is 3. The number of likely N-dealkylation sites (tertiary alicyclic amines) is 1. The Bertz CT molecular complexity index is 1100. The minimum Gasteiger partial charge on any atom is -0.480 e. The van der Waals surface area contributed by atoms with Crippen LogP contribution in [0.2, 0.25) is 0 Å². The average Bonchev–Trinajstić information content (AvgIpc) is 3.39. The molecule has 0 spiro atoms. The van der Waals surface area contributed by atoms with Crippen LogP contribution < -0.4 is 5.32 Å². The summed E-state index contributed by atoms with van der Waals surface area (Å²) < 4.78 is 10.4. The zero-order chi connectivity index (χ0) is 25.1. The molecule has 2 aromatic rings. The quantitative estimate of drug-likeness (QED) is 0.462. The van der Waals surface area contributed by atoms with Crippen LogP contribution in [0.4, 0.5) is 4.79 Å². The molecule has 2 aromatic carbocycles. The summed E-state index contributed by atoms with van der Waals surface area (Å²) in [5, 5.41) is 11.9. The van der Waals surface area contributed by atoms with Crippen molar-refractivity contribution in [3.05, 3.63) is 59.7 Å². The molecule has 1 fully saturated rings. The molecular formula is C26H28N2O7. The topological polar surface area (TPSA) is 122 Å². The van der Waals surface area contributed by atoms with Crippen molar-refractivity contribution in [2.45, 2.75) is 38.3 Å². The second-order valence-corrected chi connectivity index (χ2v) is 8.74. The number of ether oxygens (including phenoxy) is 2. The second-order valence-electron chi connectivity index (χ2n) is 8.74. The van der Waals surface area contributed by atoms with Crippen LogP contribution in [0.25, 0.3) is 11.1 Å². The van der Waals surface area contributed by atoms with Crippen LogP contribution in [0.15, 0.2) is 48.5 Å². The van der Waals surface area contributed by atoms with E-state index in [4.69, 9.17) is 9.47 Å². The molecule has 2 N–H and O–H groups in total. The summed E-state index contributed by atoms with van der Waals surface area (Å²) in [6.07, 6.45) is -0.485. The van der Waals surface area contributed by atoms with E-state index in [0.717, 1.165) is 27.2 Å². The standard InChI is InChI=1S/C26H28N2O7/c1-3-34-25(32)21(23(29)28-13-12-15(2)22(28)24(30)31)27-26(33)35-14-20-18-10-6-4-8-16(18)17-9-5-7-11-19(17)20/h4-11,15,20-22H,3,12-14H2,1-2H3,(H,27,33)(H,30,31). The third kappa shape index (κ3) is 4.71. The molecule has 35 heavy (non-hydrogen) atoms. The fraction of sp³-hybridized carbons (Fsp3) is 0.385. The molecule has 1 aliphatic heterocycles. The van der Waals surface area contributed by atoms with Crippen molar-refractivity contribution in [3.63, 3.8) is 0 Å². The van der Waals surface area contributed by atoms with Crippen LogP contribution >= 0.6 is 0 Å². The van der Waals surface area contributed by atoms with E-state index in [1.54, 1.807) is 13.8 Å². The van der Waals surface area contributed by atoms with Crippen LogP contribution in [0, 0.1) is 5.92 Å². The molecule has 4 rings (SSSR count). The molecule has 0 aromatic heterocycles. The molecule has 9 heteroatoms. The number of carbonyl (C=O) groups is 4. The first kappa shape index (κ1) is 24.3. The number of aliphatic carboxylic acids is 1. The van der Waals surface area contributed by atoms with Gasteiger partial charge in [-0.2, -0.15) is 0 Å². The zero-order valence-corrected chi connectivity index (χ0v) is 19.6. The lowest BCUT2D eigenvalue weighted by Crippen LogP contribution is -2.56. The number of carboxylic acid groups (broad SMARTS) is 1. The largest absolute Gasteiger partial charge is 0.480 e. The number of esters is 1. The lowest BCUT2D eigenvalue weighted by Gasteiger charge is -2.27. The Morgan fingerprint density at radius 1 is 1.03 bits per heavy atom. The van der Waals surface area contributed by atoms with Crippen molar-refractivity contribution in [2.75, 3.05) is 19.8 Å². The summed E-state index contributed by atoms with van der Waals surface area (Å²) in [4.78, 5) is 51.2. The first-order valence-corrected chi connectivity index (χ1v) is 11.6. The number of benzene rings is 2. The fourth-order valence-electron chi connectivity index (χ4n) is 4.94.